The lowest BCUT2D eigenvalue weighted by molar-refractivity contribution is -0.263. The van der Waals surface area contributed by atoms with E-state index in [2.05, 4.69) is 48.1 Å². The molecule has 0 radical (unpaired) electrons. The van der Waals surface area contributed by atoms with Crippen LogP contribution in [0.15, 0.2) is 12.2 Å². The number of allylic oxidation sites excluding steroid dienone is 1. The van der Waals surface area contributed by atoms with Crippen LogP contribution in [0.2, 0.25) is 0 Å². The number of hydrogen-bond donors (Lipinski definition) is 2. The van der Waals surface area contributed by atoms with E-state index < -0.39 is 12.2 Å². The van der Waals surface area contributed by atoms with Gasteiger partial charge < -0.3 is 14.9 Å². The first-order valence-corrected chi connectivity index (χ1v) is 14.3. The molecule has 0 aliphatic heterocycles. The van der Waals surface area contributed by atoms with Gasteiger partial charge in [0.15, 0.2) is 0 Å². The summed E-state index contributed by atoms with van der Waals surface area (Å²) in [5.41, 5.74) is 0.927. The number of carbonyl (C=O) groups is 1. The lowest BCUT2D eigenvalue weighted by atomic mass is 9.32. The fraction of sp³-hybridized carbons (Fsp3) is 0.903. The minimum absolute atomic E-state index is 0.0161. The maximum atomic E-state index is 13.4. The van der Waals surface area contributed by atoms with E-state index in [9.17, 15) is 15.0 Å². The van der Waals surface area contributed by atoms with Crippen molar-refractivity contribution in [2.45, 2.75) is 112 Å². The third kappa shape index (κ3) is 3.02. The van der Waals surface area contributed by atoms with Crippen molar-refractivity contribution in [3.63, 3.8) is 0 Å². The zero-order chi connectivity index (χ0) is 25.8. The van der Waals surface area contributed by atoms with Crippen LogP contribution in [0.5, 0.6) is 0 Å². The Labute approximate surface area is 213 Å². The fourth-order valence-corrected chi connectivity index (χ4v) is 11.8. The van der Waals surface area contributed by atoms with Gasteiger partial charge in [-0.05, 0) is 116 Å². The molecule has 0 heterocycles. The van der Waals surface area contributed by atoms with Crippen LogP contribution < -0.4 is 0 Å². The monoisotopic (exact) mass is 486 g/mol. The van der Waals surface area contributed by atoms with Gasteiger partial charge in [-0.1, -0.05) is 46.8 Å². The van der Waals surface area contributed by atoms with Gasteiger partial charge in [0.2, 0.25) is 0 Å². The Hall–Kier alpha value is -0.870. The number of hydrogen-bond acceptors (Lipinski definition) is 4. The lowest BCUT2D eigenvalue weighted by Crippen LogP contribution is -2.68. The molecule has 35 heavy (non-hydrogen) atoms. The Morgan fingerprint density at radius 1 is 0.886 bits per heavy atom. The Balaban J connectivity index is 1.57. The summed E-state index contributed by atoms with van der Waals surface area (Å²) in [4.78, 5) is 13.4. The second-order valence-corrected chi connectivity index (χ2v) is 14.9. The quantitative estimate of drug-likeness (QED) is 0.363. The Bertz CT molecular complexity index is 910. The van der Waals surface area contributed by atoms with E-state index in [0.717, 1.165) is 44.9 Å². The molecule has 5 saturated carbocycles. The number of aliphatic hydroxyl groups is 2. The van der Waals surface area contributed by atoms with Crippen molar-refractivity contribution in [3.8, 4) is 0 Å². The van der Waals surface area contributed by atoms with Gasteiger partial charge in [-0.25, -0.2) is 0 Å². The molecule has 2 N–H and O–H groups in total. The molecular formula is C31H50O4. The lowest BCUT2D eigenvalue weighted by Gasteiger charge is -2.73. The molecule has 5 fully saturated rings. The summed E-state index contributed by atoms with van der Waals surface area (Å²) in [6.45, 7) is 18.5. The highest BCUT2D eigenvalue weighted by atomic mass is 16.5. The van der Waals surface area contributed by atoms with Crippen molar-refractivity contribution >= 4 is 5.97 Å². The van der Waals surface area contributed by atoms with E-state index in [-0.39, 0.29) is 33.0 Å². The van der Waals surface area contributed by atoms with Gasteiger partial charge in [-0.15, -0.1) is 0 Å². The molecule has 0 saturated heterocycles. The number of rotatable bonds is 2. The number of methoxy groups -OCH3 is 1. The molecule has 5 rings (SSSR count). The van der Waals surface area contributed by atoms with Gasteiger partial charge in [-0.3, -0.25) is 4.79 Å². The highest BCUT2D eigenvalue weighted by Gasteiger charge is 2.72. The zero-order valence-corrected chi connectivity index (χ0v) is 23.3. The van der Waals surface area contributed by atoms with Gasteiger partial charge in [0.25, 0.3) is 0 Å². The first kappa shape index (κ1) is 25.8. The van der Waals surface area contributed by atoms with Crippen LogP contribution >= 0.6 is 0 Å². The predicted octanol–water partition coefficient (Wildman–Crippen LogP) is 6.15. The molecule has 4 nitrogen and oxygen atoms in total. The van der Waals surface area contributed by atoms with Crippen molar-refractivity contribution in [1.29, 1.82) is 0 Å². The van der Waals surface area contributed by atoms with E-state index in [1.165, 1.54) is 12.0 Å². The summed E-state index contributed by atoms with van der Waals surface area (Å²) in [5.74, 6) is 2.17. The van der Waals surface area contributed by atoms with E-state index in [1.54, 1.807) is 7.11 Å². The minimum Gasteiger partial charge on any atom is -0.469 e. The molecule has 5 aliphatic rings. The topological polar surface area (TPSA) is 66.8 Å². The van der Waals surface area contributed by atoms with Crippen LogP contribution in [0, 0.1) is 56.7 Å². The first-order chi connectivity index (χ1) is 16.2. The molecule has 0 bridgehead atoms. The second-order valence-electron chi connectivity index (χ2n) is 14.9. The van der Waals surface area contributed by atoms with Crippen LogP contribution in [0.3, 0.4) is 0 Å². The van der Waals surface area contributed by atoms with Crippen LogP contribution in [0.1, 0.15) is 99.3 Å². The van der Waals surface area contributed by atoms with Crippen molar-refractivity contribution in [2.24, 2.45) is 56.7 Å². The second kappa shape index (κ2) is 7.82. The van der Waals surface area contributed by atoms with Crippen molar-refractivity contribution < 1.29 is 19.7 Å². The number of aliphatic hydroxyl groups excluding tert-OH is 2. The minimum atomic E-state index is -0.653. The van der Waals surface area contributed by atoms with Gasteiger partial charge in [0.1, 0.15) is 0 Å². The average molecular weight is 487 g/mol. The summed E-state index contributed by atoms with van der Waals surface area (Å²) in [6, 6.07) is 0. The van der Waals surface area contributed by atoms with Crippen molar-refractivity contribution in [3.05, 3.63) is 12.2 Å². The van der Waals surface area contributed by atoms with E-state index in [1.807, 2.05) is 0 Å². The molecule has 198 valence electrons. The molecule has 0 aromatic heterocycles. The Morgan fingerprint density at radius 3 is 2.20 bits per heavy atom. The Morgan fingerprint density at radius 2 is 1.57 bits per heavy atom. The smallest absolute Gasteiger partial charge is 0.312 e. The normalized spacial score (nSPS) is 54.6. The average Bonchev–Trinajstić information content (AvgIpc) is 3.18. The molecule has 5 aliphatic carbocycles. The molecule has 11 atom stereocenters. The van der Waals surface area contributed by atoms with E-state index in [4.69, 9.17) is 4.74 Å². The van der Waals surface area contributed by atoms with Crippen LogP contribution in [0.4, 0.5) is 0 Å². The number of fused-ring (bicyclic) bond motifs is 7. The Kier molecular flexibility index (Phi) is 5.76. The summed E-state index contributed by atoms with van der Waals surface area (Å²) in [7, 11) is 1.57. The standard InChI is InChI=1S/C31H50O4/c1-18(2)19-11-14-31(26(34)35-8)16-15-29(6)20(24(19)31)9-10-23-28(5)17-21(32)25(33)27(3,4)22(28)12-13-30(23,29)7/h19-25,32-33H,1,9-17H2,2-8H3/t19-,20+,21-,22-,23-,24+,25+,28+,29-,30+,31-/m1/s1. The molecule has 0 aromatic carbocycles. The van der Waals surface area contributed by atoms with E-state index >= 15 is 0 Å². The number of carbonyl (C=O) groups excluding carboxylic acids is 1. The summed E-state index contributed by atoms with van der Waals surface area (Å²) >= 11 is 0. The highest BCUT2D eigenvalue weighted by molar-refractivity contribution is 5.78. The summed E-state index contributed by atoms with van der Waals surface area (Å²) in [5, 5.41) is 22.0. The van der Waals surface area contributed by atoms with Gasteiger partial charge in [0.05, 0.1) is 24.7 Å². The fourth-order valence-electron chi connectivity index (χ4n) is 11.8. The third-order valence-electron chi connectivity index (χ3n) is 13.6. The molecule has 0 amide bonds. The SMILES string of the molecule is C=C(C)[C@H]1CC[C@@]2(C(=O)OC)CC[C@]3(C)[C@@H](CC[C@@H]4[C@@]5(C)C[C@@H](O)[C@H](O)C(C)(C)[C@H]5CC[C@@]43C)[C@H]12. The van der Waals surface area contributed by atoms with Crippen molar-refractivity contribution in [1.82, 2.24) is 0 Å². The highest BCUT2D eigenvalue weighted by Crippen LogP contribution is 2.77. The number of esters is 1. The maximum absolute atomic E-state index is 13.4. The van der Waals surface area contributed by atoms with Crippen LogP contribution in [0.25, 0.3) is 0 Å². The molecule has 0 spiro atoms. The largest absolute Gasteiger partial charge is 0.469 e. The summed E-state index contributed by atoms with van der Waals surface area (Å²) < 4.78 is 5.48. The van der Waals surface area contributed by atoms with Crippen molar-refractivity contribution in [2.75, 3.05) is 7.11 Å². The first-order valence-electron chi connectivity index (χ1n) is 14.3. The summed E-state index contributed by atoms with van der Waals surface area (Å²) in [6.07, 6.45) is 7.98. The molecule has 0 aromatic rings. The van der Waals surface area contributed by atoms with Gasteiger partial charge >= 0.3 is 5.97 Å². The predicted molar refractivity (Wildman–Crippen MR) is 138 cm³/mol. The molecule has 0 unspecified atom stereocenters. The van der Waals surface area contributed by atoms with Gasteiger partial charge in [0, 0.05) is 0 Å². The molecular weight excluding hydrogens is 436 g/mol. The van der Waals surface area contributed by atoms with Crippen LogP contribution in [-0.4, -0.2) is 35.5 Å². The van der Waals surface area contributed by atoms with E-state index in [0.29, 0.717) is 36.0 Å². The third-order valence-corrected chi connectivity index (χ3v) is 13.6. The van der Waals surface area contributed by atoms with Gasteiger partial charge in [-0.2, -0.15) is 0 Å². The maximum Gasteiger partial charge on any atom is 0.312 e. The molecule has 4 heteroatoms. The van der Waals surface area contributed by atoms with Crippen LogP contribution in [-0.2, 0) is 9.53 Å². The number of ether oxygens (including phenoxy) is 1. The zero-order valence-electron chi connectivity index (χ0n) is 23.3.